The molecule has 3 N–H and O–H groups in total. The number of likely N-dealkylation sites (tertiary alicyclic amines) is 1. The van der Waals surface area contributed by atoms with Gasteiger partial charge in [0, 0.05) is 6.04 Å². The molecule has 2 aliphatic rings. The van der Waals surface area contributed by atoms with Gasteiger partial charge in [-0.25, -0.2) is 0 Å². The third kappa shape index (κ3) is 4.45. The van der Waals surface area contributed by atoms with Crippen LogP contribution in [0.2, 0.25) is 0 Å². The van der Waals surface area contributed by atoms with Crippen LogP contribution in [0.4, 0.5) is 0 Å². The van der Waals surface area contributed by atoms with Crippen molar-refractivity contribution in [3.05, 3.63) is 0 Å². The van der Waals surface area contributed by atoms with Gasteiger partial charge >= 0.3 is 0 Å². The molecule has 20 heavy (non-hydrogen) atoms. The Labute approximate surface area is 123 Å². The molecule has 1 amide bonds. The van der Waals surface area contributed by atoms with Gasteiger partial charge in [-0.15, -0.1) is 0 Å². The number of nitrogens with two attached hydrogens (primary N) is 1. The molecule has 1 unspecified atom stereocenters. The molecule has 1 heterocycles. The fourth-order valence-corrected chi connectivity index (χ4v) is 3.22. The second-order valence-electron chi connectivity index (χ2n) is 6.91. The highest BCUT2D eigenvalue weighted by Gasteiger charge is 2.36. The summed E-state index contributed by atoms with van der Waals surface area (Å²) in [5, 5.41) is 3.43. The van der Waals surface area contributed by atoms with Crippen molar-refractivity contribution < 1.29 is 4.79 Å². The van der Waals surface area contributed by atoms with Crippen LogP contribution in [-0.2, 0) is 4.79 Å². The first kappa shape index (κ1) is 15.8. The Bertz CT molecular complexity index is 322. The summed E-state index contributed by atoms with van der Waals surface area (Å²) in [7, 11) is 0. The molecule has 2 rings (SSSR count). The first-order chi connectivity index (χ1) is 9.53. The standard InChI is InChI=1S/C16H31N3O/c1-3-13-7-11-19(12-8-13)10-4-9-16(2,15(17)20)18-14-5-6-14/h13-14,18H,3-12H2,1-2H3,(H2,17,20). The second-order valence-corrected chi connectivity index (χ2v) is 6.91. The Kier molecular flexibility index (Phi) is 5.44. The molecule has 4 heteroatoms. The Morgan fingerprint density at radius 1 is 1.30 bits per heavy atom. The van der Waals surface area contributed by atoms with E-state index in [0.29, 0.717) is 6.04 Å². The van der Waals surface area contributed by atoms with Crippen molar-refractivity contribution in [2.24, 2.45) is 11.7 Å². The molecule has 1 atom stereocenters. The molecule has 1 saturated carbocycles. The number of amides is 1. The molecule has 0 aromatic rings. The van der Waals surface area contributed by atoms with E-state index in [9.17, 15) is 4.79 Å². The zero-order valence-corrected chi connectivity index (χ0v) is 13.2. The van der Waals surface area contributed by atoms with Crippen molar-refractivity contribution in [1.29, 1.82) is 0 Å². The van der Waals surface area contributed by atoms with Crippen molar-refractivity contribution in [3.63, 3.8) is 0 Å². The van der Waals surface area contributed by atoms with E-state index >= 15 is 0 Å². The summed E-state index contributed by atoms with van der Waals surface area (Å²) in [5.74, 6) is 0.729. The van der Waals surface area contributed by atoms with E-state index in [2.05, 4.69) is 17.1 Å². The van der Waals surface area contributed by atoms with E-state index in [0.717, 1.165) is 25.3 Å². The van der Waals surface area contributed by atoms with Gasteiger partial charge in [-0.05, 0) is 71.0 Å². The minimum absolute atomic E-state index is 0.200. The first-order valence-electron chi connectivity index (χ1n) is 8.33. The number of rotatable bonds is 8. The number of nitrogens with one attached hydrogen (secondary N) is 1. The fraction of sp³-hybridized carbons (Fsp3) is 0.938. The molecule has 0 aromatic heterocycles. The van der Waals surface area contributed by atoms with Crippen LogP contribution in [0, 0.1) is 5.92 Å². The molecule has 0 aromatic carbocycles. The molecular formula is C16H31N3O. The SMILES string of the molecule is CCC1CCN(CCCC(C)(NC2CC2)C(N)=O)CC1. The van der Waals surface area contributed by atoms with Gasteiger partial charge in [-0.3, -0.25) is 4.79 Å². The highest BCUT2D eigenvalue weighted by molar-refractivity contribution is 5.84. The highest BCUT2D eigenvalue weighted by atomic mass is 16.1. The maximum Gasteiger partial charge on any atom is 0.237 e. The van der Waals surface area contributed by atoms with E-state index in [1.807, 2.05) is 6.92 Å². The van der Waals surface area contributed by atoms with Crippen LogP contribution in [0.1, 0.15) is 58.8 Å². The monoisotopic (exact) mass is 281 g/mol. The zero-order valence-electron chi connectivity index (χ0n) is 13.2. The number of piperidine rings is 1. The Balaban J connectivity index is 1.69. The molecule has 0 bridgehead atoms. The van der Waals surface area contributed by atoms with E-state index in [1.165, 1.54) is 45.2 Å². The van der Waals surface area contributed by atoms with Crippen LogP contribution in [0.5, 0.6) is 0 Å². The molecule has 1 saturated heterocycles. The van der Waals surface area contributed by atoms with Crippen LogP contribution in [0.25, 0.3) is 0 Å². The molecule has 0 radical (unpaired) electrons. The largest absolute Gasteiger partial charge is 0.368 e. The number of hydrogen-bond donors (Lipinski definition) is 2. The minimum atomic E-state index is -0.511. The molecule has 1 aliphatic heterocycles. The lowest BCUT2D eigenvalue weighted by atomic mass is 9.92. The summed E-state index contributed by atoms with van der Waals surface area (Å²) in [6.45, 7) is 7.81. The van der Waals surface area contributed by atoms with Gasteiger partial charge in [-0.2, -0.15) is 0 Å². The van der Waals surface area contributed by atoms with Gasteiger partial charge in [0.05, 0.1) is 5.54 Å². The Hall–Kier alpha value is -0.610. The Morgan fingerprint density at radius 3 is 2.45 bits per heavy atom. The van der Waals surface area contributed by atoms with Crippen molar-refractivity contribution in [2.45, 2.75) is 70.4 Å². The average molecular weight is 281 g/mol. The fourth-order valence-electron chi connectivity index (χ4n) is 3.22. The molecule has 1 aliphatic carbocycles. The predicted octanol–water partition coefficient (Wildman–Crippen LogP) is 1.88. The van der Waals surface area contributed by atoms with Gasteiger partial charge < -0.3 is 16.0 Å². The van der Waals surface area contributed by atoms with E-state index in [4.69, 9.17) is 5.73 Å². The van der Waals surface area contributed by atoms with Gasteiger partial charge in [0.1, 0.15) is 0 Å². The van der Waals surface area contributed by atoms with E-state index in [-0.39, 0.29) is 5.91 Å². The van der Waals surface area contributed by atoms with E-state index in [1.54, 1.807) is 0 Å². The molecule has 0 spiro atoms. The highest BCUT2D eigenvalue weighted by Crippen LogP contribution is 2.25. The lowest BCUT2D eigenvalue weighted by Crippen LogP contribution is -2.54. The summed E-state index contributed by atoms with van der Waals surface area (Å²) < 4.78 is 0. The quantitative estimate of drug-likeness (QED) is 0.714. The van der Waals surface area contributed by atoms with Crippen LogP contribution in [0.3, 0.4) is 0 Å². The number of primary amides is 1. The topological polar surface area (TPSA) is 58.4 Å². The van der Waals surface area contributed by atoms with Gasteiger partial charge in [0.15, 0.2) is 0 Å². The third-order valence-electron chi connectivity index (χ3n) is 5.08. The molecule has 116 valence electrons. The first-order valence-corrected chi connectivity index (χ1v) is 8.33. The summed E-state index contributed by atoms with van der Waals surface area (Å²) >= 11 is 0. The maximum absolute atomic E-state index is 11.7. The summed E-state index contributed by atoms with van der Waals surface area (Å²) in [6.07, 6.45) is 8.27. The van der Waals surface area contributed by atoms with Crippen molar-refractivity contribution >= 4 is 5.91 Å². The van der Waals surface area contributed by atoms with Crippen LogP contribution in [-0.4, -0.2) is 42.0 Å². The smallest absolute Gasteiger partial charge is 0.237 e. The number of carbonyl (C=O) groups excluding carboxylic acids is 1. The molecule has 2 fully saturated rings. The van der Waals surface area contributed by atoms with Gasteiger partial charge in [0.25, 0.3) is 0 Å². The summed E-state index contributed by atoms with van der Waals surface area (Å²) in [6, 6.07) is 0.521. The zero-order chi connectivity index (χ0) is 14.6. The molecule has 4 nitrogen and oxygen atoms in total. The lowest BCUT2D eigenvalue weighted by molar-refractivity contribution is -0.124. The molecular weight excluding hydrogens is 250 g/mol. The van der Waals surface area contributed by atoms with Crippen LogP contribution < -0.4 is 11.1 Å². The second kappa shape index (κ2) is 6.90. The Morgan fingerprint density at radius 2 is 1.95 bits per heavy atom. The van der Waals surface area contributed by atoms with Crippen LogP contribution >= 0.6 is 0 Å². The summed E-state index contributed by atoms with van der Waals surface area (Å²) in [5.41, 5.74) is 5.08. The average Bonchev–Trinajstić information content (AvgIpc) is 3.23. The third-order valence-corrected chi connectivity index (χ3v) is 5.08. The number of carbonyl (C=O) groups is 1. The predicted molar refractivity (Wildman–Crippen MR) is 82.4 cm³/mol. The summed E-state index contributed by atoms with van der Waals surface area (Å²) in [4.78, 5) is 14.2. The van der Waals surface area contributed by atoms with Crippen molar-refractivity contribution in [1.82, 2.24) is 10.2 Å². The maximum atomic E-state index is 11.7. The number of nitrogens with zero attached hydrogens (tertiary/aromatic N) is 1. The van der Waals surface area contributed by atoms with Crippen molar-refractivity contribution in [2.75, 3.05) is 19.6 Å². The van der Waals surface area contributed by atoms with Crippen LogP contribution in [0.15, 0.2) is 0 Å². The van der Waals surface area contributed by atoms with Gasteiger partial charge in [-0.1, -0.05) is 13.3 Å². The van der Waals surface area contributed by atoms with Gasteiger partial charge in [0.2, 0.25) is 5.91 Å². The lowest BCUT2D eigenvalue weighted by Gasteiger charge is -2.33. The van der Waals surface area contributed by atoms with E-state index < -0.39 is 5.54 Å². The van der Waals surface area contributed by atoms with Crippen molar-refractivity contribution in [3.8, 4) is 0 Å². The number of hydrogen-bond acceptors (Lipinski definition) is 3. The normalized spacial score (nSPS) is 24.5. The minimum Gasteiger partial charge on any atom is -0.368 e.